The van der Waals surface area contributed by atoms with Gasteiger partial charge in [-0.05, 0) is 96.1 Å². The largest absolute Gasteiger partial charge is 0.449 e. The second-order valence-corrected chi connectivity index (χ2v) is 16.3. The third-order valence-electron chi connectivity index (χ3n) is 11.5. The molecular formula is C60H56N2O2. The molecule has 10 rings (SSSR count). The smallest absolute Gasteiger partial charge is 0.177 e. The van der Waals surface area contributed by atoms with Crippen LogP contribution in [0.15, 0.2) is 211 Å². The van der Waals surface area contributed by atoms with Crippen LogP contribution in [0.1, 0.15) is 61.4 Å². The molecule has 0 bridgehead atoms. The summed E-state index contributed by atoms with van der Waals surface area (Å²) in [5.74, 6) is 3.04. The van der Waals surface area contributed by atoms with Crippen molar-refractivity contribution in [1.29, 1.82) is 5.41 Å². The van der Waals surface area contributed by atoms with E-state index in [4.69, 9.17) is 14.9 Å². The van der Waals surface area contributed by atoms with Gasteiger partial charge in [-0.15, -0.1) is 0 Å². The van der Waals surface area contributed by atoms with Gasteiger partial charge in [0.15, 0.2) is 23.0 Å². The lowest BCUT2D eigenvalue weighted by molar-refractivity contribution is 0.359. The molecule has 0 amide bonds. The molecule has 0 aromatic heterocycles. The SMILES string of the molecule is C=C/C=C\C.C=NC.CC1(C)C2=C(CCC=C2)c2c1ccc1c2Oc2cccc(-c3ccc(C(=N)c4cccc(-c5ccccc5)c4)cc3)c2O1.Cc1cccc(-c2ccccc2)c1. The lowest BCUT2D eigenvalue weighted by Gasteiger charge is -2.27. The predicted octanol–water partition coefficient (Wildman–Crippen LogP) is 16.5. The molecule has 0 unspecified atom stereocenters. The fourth-order valence-electron chi connectivity index (χ4n) is 8.43. The molecule has 1 heterocycles. The molecular weight excluding hydrogens is 781 g/mol. The first-order valence-corrected chi connectivity index (χ1v) is 21.8. The zero-order valence-corrected chi connectivity index (χ0v) is 37.6. The van der Waals surface area contributed by atoms with Gasteiger partial charge in [0.05, 0.1) is 5.71 Å². The van der Waals surface area contributed by atoms with Crippen molar-refractivity contribution in [2.75, 3.05) is 7.05 Å². The first kappa shape index (κ1) is 44.5. The highest BCUT2D eigenvalue weighted by Crippen LogP contribution is 2.59. The summed E-state index contributed by atoms with van der Waals surface area (Å²) in [6, 6.07) is 56.0. The molecule has 3 aliphatic rings. The molecule has 0 fully saturated rings. The fraction of sp³-hybridized carbons (Fsp3) is 0.133. The van der Waals surface area contributed by atoms with Crippen molar-refractivity contribution < 1.29 is 9.47 Å². The maximum absolute atomic E-state index is 8.94. The zero-order valence-electron chi connectivity index (χ0n) is 37.6. The molecule has 1 N–H and O–H groups in total. The molecule has 7 aromatic carbocycles. The Bertz CT molecular complexity index is 2860. The van der Waals surface area contributed by atoms with Crippen LogP contribution < -0.4 is 9.47 Å². The molecule has 0 radical (unpaired) electrons. The summed E-state index contributed by atoms with van der Waals surface area (Å²) in [5, 5.41) is 8.94. The number of rotatable bonds is 6. The second-order valence-electron chi connectivity index (χ2n) is 16.3. The average molecular weight is 837 g/mol. The van der Waals surface area contributed by atoms with E-state index in [2.05, 4.69) is 154 Å². The Morgan fingerprint density at radius 2 is 1.25 bits per heavy atom. The summed E-state index contributed by atoms with van der Waals surface area (Å²) < 4.78 is 13.3. The van der Waals surface area contributed by atoms with E-state index in [0.717, 1.165) is 69.2 Å². The van der Waals surface area contributed by atoms with Crippen molar-refractivity contribution in [2.24, 2.45) is 4.99 Å². The van der Waals surface area contributed by atoms with Gasteiger partial charge in [0.25, 0.3) is 0 Å². The Balaban J connectivity index is 0.000000241. The summed E-state index contributed by atoms with van der Waals surface area (Å²) in [4.78, 5) is 3.25. The van der Waals surface area contributed by atoms with Crippen LogP contribution in [0.5, 0.6) is 23.0 Å². The molecule has 4 heteroatoms. The molecule has 7 aromatic rings. The van der Waals surface area contributed by atoms with Crippen LogP contribution in [0.3, 0.4) is 0 Å². The summed E-state index contributed by atoms with van der Waals surface area (Å²) in [6.07, 6.45) is 12.2. The van der Waals surface area contributed by atoms with Crippen molar-refractivity contribution in [1.82, 2.24) is 0 Å². The second kappa shape index (κ2) is 20.5. The minimum Gasteiger partial charge on any atom is -0.449 e. The molecule has 318 valence electrons. The first-order valence-electron chi connectivity index (χ1n) is 21.8. The van der Waals surface area contributed by atoms with Gasteiger partial charge in [-0.25, -0.2) is 0 Å². The minimum absolute atomic E-state index is 0.0551. The van der Waals surface area contributed by atoms with Crippen molar-refractivity contribution in [2.45, 2.75) is 46.0 Å². The molecule has 0 saturated heterocycles. The molecule has 1 aliphatic heterocycles. The maximum Gasteiger partial charge on any atom is 0.177 e. The molecule has 0 saturated carbocycles. The van der Waals surface area contributed by atoms with Crippen molar-refractivity contribution in [3.05, 3.63) is 234 Å². The Morgan fingerprint density at radius 1 is 0.656 bits per heavy atom. The number of nitrogens with zero attached hydrogens (tertiary/aromatic N) is 1. The number of hydrogen-bond acceptors (Lipinski definition) is 4. The van der Waals surface area contributed by atoms with E-state index in [0.29, 0.717) is 5.71 Å². The monoisotopic (exact) mass is 836 g/mol. The summed E-state index contributed by atoms with van der Waals surface area (Å²) in [7, 11) is 1.64. The summed E-state index contributed by atoms with van der Waals surface area (Å²) in [6.45, 7) is 15.3. The van der Waals surface area contributed by atoms with Crippen molar-refractivity contribution in [3.8, 4) is 56.4 Å². The number of nitrogens with one attached hydrogen (secondary N) is 1. The predicted molar refractivity (Wildman–Crippen MR) is 272 cm³/mol. The van der Waals surface area contributed by atoms with Crippen LogP contribution >= 0.6 is 0 Å². The molecule has 2 aliphatic carbocycles. The van der Waals surface area contributed by atoms with E-state index < -0.39 is 0 Å². The molecule has 0 spiro atoms. The number of aliphatic imine (C=N–C) groups is 1. The standard InChI is InChI=1S/C40H31NO2.C13H12.C5H8.C2H5N/c1-40(2)32-16-7-6-14-31(32)36-33(40)22-23-35-39(36)43-34-17-9-15-30(38(34)42-35)26-18-20-27(21-19-26)37(41)29-13-8-12-28(24-29)25-10-4-3-5-11-25;1-11-6-5-9-13(10-11)12-7-3-2-4-8-12;1-3-5-4-2;1-3-2/h3-5,7-13,15-24,41H,6,14H2,1-2H3;2-10H,1H3;3-5H,1H2,2H3;1H2,2H3/b;;5-4-;. The van der Waals surface area contributed by atoms with Gasteiger partial charge in [0.1, 0.15) is 0 Å². The highest BCUT2D eigenvalue weighted by atomic mass is 16.6. The highest BCUT2D eigenvalue weighted by Gasteiger charge is 2.41. The Labute approximate surface area is 379 Å². The third kappa shape index (κ3) is 9.72. The Morgan fingerprint density at radius 3 is 1.88 bits per heavy atom. The number of fused-ring (bicyclic) bond motifs is 5. The number of hydrogen-bond donors (Lipinski definition) is 1. The molecule has 64 heavy (non-hydrogen) atoms. The van der Waals surface area contributed by atoms with Gasteiger partial charge >= 0.3 is 0 Å². The van der Waals surface area contributed by atoms with Gasteiger partial charge in [-0.3, -0.25) is 5.41 Å². The number of allylic oxidation sites excluding steroid dienone is 7. The highest BCUT2D eigenvalue weighted by molar-refractivity contribution is 6.11. The fourth-order valence-corrected chi connectivity index (χ4v) is 8.43. The van der Waals surface area contributed by atoms with Gasteiger partial charge in [0.2, 0.25) is 0 Å². The third-order valence-corrected chi connectivity index (χ3v) is 11.5. The van der Waals surface area contributed by atoms with Crippen LogP contribution in [0, 0.1) is 12.3 Å². The Hall–Kier alpha value is -7.56. The number of ether oxygens (including phenoxy) is 2. The quantitative estimate of drug-likeness (QED) is 0.134. The van der Waals surface area contributed by atoms with Crippen LogP contribution in [-0.4, -0.2) is 19.5 Å². The summed E-state index contributed by atoms with van der Waals surface area (Å²) in [5.41, 5.74) is 15.6. The van der Waals surface area contributed by atoms with Gasteiger partial charge in [-0.2, -0.15) is 0 Å². The topological polar surface area (TPSA) is 54.7 Å². The van der Waals surface area contributed by atoms with Crippen LogP contribution in [0.2, 0.25) is 0 Å². The van der Waals surface area contributed by atoms with Crippen LogP contribution in [0.25, 0.3) is 39.0 Å². The van der Waals surface area contributed by atoms with E-state index >= 15 is 0 Å². The van der Waals surface area contributed by atoms with Gasteiger partial charge < -0.3 is 14.5 Å². The lowest BCUT2D eigenvalue weighted by Crippen LogP contribution is -2.16. The maximum atomic E-state index is 8.94. The zero-order chi connectivity index (χ0) is 45.1. The normalized spacial score (nSPS) is 13.3. The van der Waals surface area contributed by atoms with E-state index in [-0.39, 0.29) is 5.41 Å². The summed E-state index contributed by atoms with van der Waals surface area (Å²) >= 11 is 0. The number of benzene rings is 7. The van der Waals surface area contributed by atoms with Gasteiger partial charge in [0, 0.05) is 34.7 Å². The molecule has 0 atom stereocenters. The molecule has 4 nitrogen and oxygen atoms in total. The first-order chi connectivity index (χ1) is 31.2. The van der Waals surface area contributed by atoms with E-state index in [9.17, 15) is 0 Å². The number of para-hydroxylation sites is 1. The van der Waals surface area contributed by atoms with E-state index in [1.807, 2.05) is 79.7 Å². The lowest BCUT2D eigenvalue weighted by atomic mass is 9.80. The van der Waals surface area contributed by atoms with Crippen LogP contribution in [-0.2, 0) is 5.41 Å². The van der Waals surface area contributed by atoms with Gasteiger partial charge in [-0.1, -0.05) is 202 Å². The van der Waals surface area contributed by atoms with Crippen LogP contribution in [0.4, 0.5) is 0 Å². The minimum atomic E-state index is -0.0551. The van der Waals surface area contributed by atoms with Crippen molar-refractivity contribution in [3.63, 3.8) is 0 Å². The average Bonchev–Trinajstić information content (AvgIpc) is 3.58. The van der Waals surface area contributed by atoms with E-state index in [1.54, 1.807) is 13.1 Å². The number of aryl methyl sites for hydroxylation is 1. The Kier molecular flexibility index (Phi) is 14.3. The van der Waals surface area contributed by atoms with Crippen molar-refractivity contribution >= 4 is 18.0 Å². The van der Waals surface area contributed by atoms with E-state index in [1.165, 1.54) is 39.0 Å².